The van der Waals surface area contributed by atoms with Gasteiger partial charge in [-0.3, -0.25) is 10.1 Å². The molecule has 1 aromatic carbocycles. The first-order valence-corrected chi connectivity index (χ1v) is 7.67. The molecule has 2 atom stereocenters. The molecule has 0 bridgehead atoms. The summed E-state index contributed by atoms with van der Waals surface area (Å²) in [6, 6.07) is 7.27. The van der Waals surface area contributed by atoms with Gasteiger partial charge in [-0.05, 0) is 54.1 Å². The lowest BCUT2D eigenvalue weighted by molar-refractivity contribution is -0.0481. The molecule has 6 heteroatoms. The molecule has 1 saturated heterocycles. The maximum atomic E-state index is 12.2. The molecule has 0 saturated carbocycles. The average Bonchev–Trinajstić information content (AvgIpc) is 2.37. The molecule has 1 aliphatic heterocycles. The van der Waals surface area contributed by atoms with Gasteiger partial charge < -0.3 is 9.64 Å². The molecule has 4 nitrogen and oxygen atoms in total. The first kappa shape index (κ1) is 15.4. The van der Waals surface area contributed by atoms with Crippen molar-refractivity contribution in [1.29, 1.82) is 0 Å². The van der Waals surface area contributed by atoms with Crippen LogP contribution < -0.4 is 5.32 Å². The number of nitrogens with zero attached hydrogens (tertiary/aromatic N) is 1. The highest BCUT2D eigenvalue weighted by atomic mass is 79.9. The second kappa shape index (κ2) is 6.65. The number of nitrogens with one attached hydrogen (secondary N) is 1. The lowest BCUT2D eigenvalue weighted by Gasteiger charge is -2.36. The molecule has 20 heavy (non-hydrogen) atoms. The summed E-state index contributed by atoms with van der Waals surface area (Å²) in [5.41, 5.74) is 0.573. The van der Waals surface area contributed by atoms with Gasteiger partial charge in [0.15, 0.2) is 5.11 Å². The van der Waals surface area contributed by atoms with Crippen LogP contribution in [0.1, 0.15) is 24.2 Å². The van der Waals surface area contributed by atoms with Crippen LogP contribution in [0.5, 0.6) is 0 Å². The van der Waals surface area contributed by atoms with E-state index in [1.54, 1.807) is 6.07 Å². The summed E-state index contributed by atoms with van der Waals surface area (Å²) in [5, 5.41) is 3.23. The lowest BCUT2D eigenvalue weighted by Crippen LogP contribution is -2.52. The standard InChI is InChI=1S/C14H17BrN2O2S/c1-9-7-17(8-10(2)19-9)14(20)16-13(18)11-5-3-4-6-12(11)15/h3-6,9-10H,7-8H2,1-2H3,(H,16,18,20)/t9-,10-/m0/s1. The average molecular weight is 357 g/mol. The fourth-order valence-corrected chi connectivity index (χ4v) is 2.94. The van der Waals surface area contributed by atoms with E-state index in [1.165, 1.54) is 0 Å². The number of carbonyl (C=O) groups excluding carboxylic acids is 1. The second-order valence-corrected chi connectivity index (χ2v) is 6.14. The predicted molar refractivity (Wildman–Crippen MR) is 85.8 cm³/mol. The Labute approximate surface area is 132 Å². The van der Waals surface area contributed by atoms with Gasteiger partial charge in [0.25, 0.3) is 5.91 Å². The molecule has 0 radical (unpaired) electrons. The Morgan fingerprint density at radius 3 is 2.55 bits per heavy atom. The highest BCUT2D eigenvalue weighted by molar-refractivity contribution is 9.10. The van der Waals surface area contributed by atoms with Crippen LogP contribution in [0.3, 0.4) is 0 Å². The summed E-state index contributed by atoms with van der Waals surface area (Å²) in [5.74, 6) is -0.200. The number of morpholine rings is 1. The molecule has 1 aromatic rings. The highest BCUT2D eigenvalue weighted by Gasteiger charge is 2.25. The Balaban J connectivity index is 2.01. The van der Waals surface area contributed by atoms with Gasteiger partial charge in [-0.1, -0.05) is 12.1 Å². The largest absolute Gasteiger partial charge is 0.372 e. The van der Waals surface area contributed by atoms with E-state index in [0.29, 0.717) is 23.8 Å². The smallest absolute Gasteiger partial charge is 0.258 e. The van der Waals surface area contributed by atoms with Crippen LogP contribution in [0.4, 0.5) is 0 Å². The van der Waals surface area contributed by atoms with E-state index in [-0.39, 0.29) is 18.1 Å². The van der Waals surface area contributed by atoms with E-state index < -0.39 is 0 Å². The quantitative estimate of drug-likeness (QED) is 0.785. The van der Waals surface area contributed by atoms with E-state index in [2.05, 4.69) is 21.2 Å². The van der Waals surface area contributed by atoms with Crippen LogP contribution in [0, 0.1) is 0 Å². The Bertz CT molecular complexity index is 514. The van der Waals surface area contributed by atoms with E-state index in [4.69, 9.17) is 17.0 Å². The number of hydrogen-bond acceptors (Lipinski definition) is 3. The number of hydrogen-bond donors (Lipinski definition) is 1. The minimum Gasteiger partial charge on any atom is -0.372 e. The van der Waals surface area contributed by atoms with Crippen LogP contribution in [0.25, 0.3) is 0 Å². The Hall–Kier alpha value is -0.980. The van der Waals surface area contributed by atoms with E-state index in [1.807, 2.05) is 36.9 Å². The zero-order chi connectivity index (χ0) is 14.7. The fourth-order valence-electron chi connectivity index (χ4n) is 2.23. The summed E-state index contributed by atoms with van der Waals surface area (Å²) >= 11 is 8.69. The van der Waals surface area contributed by atoms with Crippen molar-refractivity contribution in [1.82, 2.24) is 10.2 Å². The van der Waals surface area contributed by atoms with Gasteiger partial charge in [0.05, 0.1) is 17.8 Å². The molecule has 1 amide bonds. The number of rotatable bonds is 1. The molecule has 1 heterocycles. The first-order valence-electron chi connectivity index (χ1n) is 6.47. The van der Waals surface area contributed by atoms with Crippen LogP contribution in [0.2, 0.25) is 0 Å². The number of thiocarbonyl (C=S) groups is 1. The molecule has 108 valence electrons. The fraction of sp³-hybridized carbons (Fsp3) is 0.429. The van der Waals surface area contributed by atoms with Gasteiger partial charge in [-0.2, -0.15) is 0 Å². The predicted octanol–water partition coefficient (Wildman–Crippen LogP) is 2.57. The molecule has 0 spiro atoms. The van der Waals surface area contributed by atoms with Crippen molar-refractivity contribution < 1.29 is 9.53 Å². The minimum atomic E-state index is -0.200. The van der Waals surface area contributed by atoms with Gasteiger partial charge >= 0.3 is 0 Å². The van der Waals surface area contributed by atoms with Gasteiger partial charge in [0.2, 0.25) is 0 Å². The first-order chi connectivity index (χ1) is 9.47. The Morgan fingerprint density at radius 2 is 1.95 bits per heavy atom. The zero-order valence-corrected chi connectivity index (χ0v) is 13.8. The van der Waals surface area contributed by atoms with E-state index in [9.17, 15) is 4.79 Å². The van der Waals surface area contributed by atoms with Crippen LogP contribution in [0.15, 0.2) is 28.7 Å². The van der Waals surface area contributed by atoms with Crippen molar-refractivity contribution in [3.63, 3.8) is 0 Å². The summed E-state index contributed by atoms with van der Waals surface area (Å²) in [7, 11) is 0. The molecule has 0 unspecified atom stereocenters. The number of benzene rings is 1. The summed E-state index contributed by atoms with van der Waals surface area (Å²) in [4.78, 5) is 14.2. The van der Waals surface area contributed by atoms with Crippen molar-refractivity contribution in [2.45, 2.75) is 26.1 Å². The maximum absolute atomic E-state index is 12.2. The van der Waals surface area contributed by atoms with Gasteiger partial charge in [-0.15, -0.1) is 0 Å². The van der Waals surface area contributed by atoms with Crippen LogP contribution in [-0.2, 0) is 4.74 Å². The third-order valence-electron chi connectivity index (χ3n) is 3.05. The normalized spacial score (nSPS) is 22.4. The zero-order valence-electron chi connectivity index (χ0n) is 11.4. The van der Waals surface area contributed by atoms with Gasteiger partial charge in [0.1, 0.15) is 0 Å². The third kappa shape index (κ3) is 3.77. The van der Waals surface area contributed by atoms with Crippen molar-refractivity contribution in [3.8, 4) is 0 Å². The summed E-state index contributed by atoms with van der Waals surface area (Å²) in [6.45, 7) is 5.39. The number of ether oxygens (including phenoxy) is 1. The van der Waals surface area contributed by atoms with Crippen molar-refractivity contribution in [2.75, 3.05) is 13.1 Å². The van der Waals surface area contributed by atoms with Crippen molar-refractivity contribution in [3.05, 3.63) is 34.3 Å². The number of halogens is 1. The number of amides is 1. The topological polar surface area (TPSA) is 41.6 Å². The monoisotopic (exact) mass is 356 g/mol. The SMILES string of the molecule is C[C@H]1CN(C(=S)NC(=O)c2ccccc2Br)C[C@H](C)O1. The third-order valence-corrected chi connectivity index (χ3v) is 4.10. The van der Waals surface area contributed by atoms with E-state index in [0.717, 1.165) is 4.47 Å². The Kier molecular flexibility index (Phi) is 5.12. The summed E-state index contributed by atoms with van der Waals surface area (Å²) < 4.78 is 6.41. The van der Waals surface area contributed by atoms with Crippen LogP contribution >= 0.6 is 28.1 Å². The Morgan fingerprint density at radius 1 is 1.35 bits per heavy atom. The van der Waals surface area contributed by atoms with Gasteiger partial charge in [0, 0.05) is 17.6 Å². The summed E-state index contributed by atoms with van der Waals surface area (Å²) in [6.07, 6.45) is 0.217. The molecule has 1 N–H and O–H groups in total. The molecule has 2 rings (SSSR count). The molecule has 1 fully saturated rings. The van der Waals surface area contributed by atoms with Crippen molar-refractivity contribution >= 4 is 39.2 Å². The maximum Gasteiger partial charge on any atom is 0.258 e. The molecule has 1 aliphatic rings. The minimum absolute atomic E-state index is 0.108. The molecular weight excluding hydrogens is 340 g/mol. The lowest BCUT2D eigenvalue weighted by atomic mass is 10.2. The molecule has 0 aromatic heterocycles. The molecular formula is C14H17BrN2O2S. The highest BCUT2D eigenvalue weighted by Crippen LogP contribution is 2.16. The van der Waals surface area contributed by atoms with Crippen molar-refractivity contribution in [2.24, 2.45) is 0 Å². The van der Waals surface area contributed by atoms with Gasteiger partial charge in [-0.25, -0.2) is 0 Å². The second-order valence-electron chi connectivity index (χ2n) is 4.90. The van der Waals surface area contributed by atoms with E-state index >= 15 is 0 Å². The van der Waals surface area contributed by atoms with Crippen LogP contribution in [-0.4, -0.2) is 41.2 Å². The number of carbonyl (C=O) groups is 1. The molecule has 0 aliphatic carbocycles.